The number of aliphatic hydroxyl groups excluding tert-OH is 1. The zero-order chi connectivity index (χ0) is 67.1. The number of carbonyl (C=O) groups excluding carboxylic acids is 11. The highest BCUT2D eigenvalue weighted by Gasteiger charge is 2.45. The zero-order valence-electron chi connectivity index (χ0n) is 52.4. The third kappa shape index (κ3) is 25.9. The van der Waals surface area contributed by atoms with Crippen LogP contribution in [0.15, 0.2) is 48.5 Å². The Kier molecular flexibility index (Phi) is 33.3. The van der Waals surface area contributed by atoms with Gasteiger partial charge < -0.3 is 78.6 Å². The Bertz CT molecular complexity index is 2840. The van der Waals surface area contributed by atoms with E-state index in [0.717, 1.165) is 29.5 Å². The number of fused-ring (bicyclic) bond motifs is 4. The van der Waals surface area contributed by atoms with Gasteiger partial charge >= 0.3 is 5.97 Å². The van der Waals surface area contributed by atoms with Gasteiger partial charge in [-0.05, 0) is 79.9 Å². The minimum Gasteiger partial charge on any atom is -0.481 e. The zero-order valence-corrected chi connectivity index (χ0v) is 54.8. The maximum atomic E-state index is 14.8. The highest BCUT2D eigenvalue weighted by molar-refractivity contribution is 7.99. The third-order valence-corrected chi connectivity index (χ3v) is 18.7. The molecule has 9 atom stereocenters. The molecule has 27 nitrogen and oxygen atoms in total. The number of amides is 10. The van der Waals surface area contributed by atoms with Crippen LogP contribution < -0.4 is 49.1 Å². The summed E-state index contributed by atoms with van der Waals surface area (Å²) in [6.45, 7) is 4.87. The summed E-state index contributed by atoms with van der Waals surface area (Å²) < 4.78 is 10.7. The van der Waals surface area contributed by atoms with E-state index in [1.807, 2.05) is 25.1 Å². The predicted octanol–water partition coefficient (Wildman–Crippen LogP) is 0.0611. The molecule has 14 N–H and O–H groups in total. The molecule has 3 aliphatic heterocycles. The third-order valence-electron chi connectivity index (χ3n) is 15.4. The number of nitrogens with zero attached hydrogens (tertiary/aromatic N) is 2. The summed E-state index contributed by atoms with van der Waals surface area (Å²) in [5, 5.41) is 36.3. The molecule has 2 fully saturated rings. The van der Waals surface area contributed by atoms with Crippen molar-refractivity contribution in [2.45, 2.75) is 175 Å². The van der Waals surface area contributed by atoms with E-state index in [-0.39, 0.29) is 80.9 Å². The number of unbranched alkanes of at least 4 members (excludes halogenated alkanes) is 2. The quantitative estimate of drug-likeness (QED) is 0.0480. The molecule has 30 heteroatoms. The largest absolute Gasteiger partial charge is 0.481 e. The number of ketones is 1. The lowest BCUT2D eigenvalue weighted by Gasteiger charge is -2.33. The van der Waals surface area contributed by atoms with Gasteiger partial charge in [0.2, 0.25) is 59.1 Å². The molecule has 5 rings (SSSR count). The summed E-state index contributed by atoms with van der Waals surface area (Å²) in [5.74, 6) is -8.08. The van der Waals surface area contributed by atoms with Crippen LogP contribution in [0.4, 0.5) is 0 Å². The number of ether oxygens (including phenoxy) is 2. The first-order valence-electron chi connectivity index (χ1n) is 31.2. The Morgan fingerprint density at radius 1 is 0.739 bits per heavy atom. The number of thioether (sulfide) groups is 3. The van der Waals surface area contributed by atoms with Gasteiger partial charge in [0.15, 0.2) is 5.78 Å². The Morgan fingerprint density at radius 2 is 1.39 bits per heavy atom. The molecule has 3 heterocycles. The number of carboxylic acids is 1. The van der Waals surface area contributed by atoms with E-state index in [9.17, 15) is 67.7 Å². The lowest BCUT2D eigenvalue weighted by Crippen LogP contribution is -2.62. The molecule has 0 radical (unpaired) electrons. The van der Waals surface area contributed by atoms with Crippen LogP contribution >= 0.6 is 35.3 Å². The molecule has 3 aliphatic rings. The predicted molar refractivity (Wildman–Crippen MR) is 347 cm³/mol. The van der Waals surface area contributed by atoms with Gasteiger partial charge in [-0.25, -0.2) is 0 Å². The molecule has 0 aliphatic carbocycles. The second kappa shape index (κ2) is 40.3. The second-order valence-corrected chi connectivity index (χ2v) is 26.1. The standard InChI is InChI=1S/C62H91N11O16S3/c1-3-4-6-17-52(77)66-48-37-92-35-42-28-40(33-90-26-11-14-43(75)32-89-25-24-88-23-20-63)27-41(29-42)34-91-36-47(58(83)68-45(55(65)80)31-53(78)79)70-57(82)46(30-39-12-7-5-8-13-39)69-56(81)44(18-19-51(64)76)67-60(85)54(38(2)74)71-59(84)49-15-9-21-72(49)62(87)50-16-10-22-73(50)61(48)86/h5,7-8,12-13,27-29,38,44-50,54,74H,3-4,6,9-11,14-26,30-37,63H2,1-2H3,(H2,64,76)(H2,65,80)(H,66,77)(H,67,85)(H,68,83)(H,69,81)(H,70,82)(H,71,84)(H,78,79)/t38-,44+,45+,46+,47+,48+,49+,50+,54+/m1/s1. The number of nitrogens with one attached hydrogen (secondary N) is 6. The number of rotatable bonds is 29. The topological polar surface area (TPSA) is 420 Å². The molecule has 0 aromatic heterocycles. The van der Waals surface area contributed by atoms with E-state index >= 15 is 0 Å². The molecule has 0 unspecified atom stereocenters. The number of carboxylic acid groups (broad SMARTS) is 1. The van der Waals surface area contributed by atoms with Crippen molar-refractivity contribution in [2.75, 3.05) is 63.3 Å². The number of carbonyl (C=O) groups is 12. The van der Waals surface area contributed by atoms with Gasteiger partial charge in [0.05, 0.1) is 32.3 Å². The number of nitrogens with two attached hydrogens (primary N) is 3. The average molecular weight is 1340 g/mol. The Morgan fingerprint density at radius 3 is 2.04 bits per heavy atom. The summed E-state index contributed by atoms with van der Waals surface area (Å²) >= 11 is 4.17. The smallest absolute Gasteiger partial charge is 0.305 e. The molecular weight excluding hydrogens is 1250 g/mol. The molecule has 0 saturated carbocycles. The minimum absolute atomic E-state index is 0.0408. The van der Waals surface area contributed by atoms with Crippen LogP contribution in [0.3, 0.4) is 0 Å². The van der Waals surface area contributed by atoms with Gasteiger partial charge in [-0.1, -0.05) is 68.3 Å². The molecule has 92 heavy (non-hydrogen) atoms. The number of benzene rings is 2. The molecule has 10 amide bonds. The van der Waals surface area contributed by atoms with Crippen molar-refractivity contribution in [1.29, 1.82) is 0 Å². The van der Waals surface area contributed by atoms with Crippen LogP contribution in [0, 0.1) is 0 Å². The van der Waals surface area contributed by atoms with Crippen molar-refractivity contribution in [3.8, 4) is 0 Å². The lowest BCUT2D eigenvalue weighted by atomic mass is 10.0. The van der Waals surface area contributed by atoms with Gasteiger partial charge in [0.25, 0.3) is 0 Å². The Balaban J connectivity index is 1.55. The van der Waals surface area contributed by atoms with Crippen molar-refractivity contribution in [3.05, 3.63) is 70.8 Å². The second-order valence-electron chi connectivity index (χ2n) is 23.0. The SMILES string of the molecule is CCCCCC(=O)N[C@H]1CSCc2cc(CSCCCC(=O)COCCOCCN)cc(c2)CSC[C@@H](C(=O)N[C@@H](CC(=O)O)C(N)=O)NC(=O)[C@H](Cc2ccccc2)NC(=O)[C@H](CCC(N)=O)NC(=O)[C@H]([C@@H](C)O)NC(=O)[C@@H]2CCCN2C(=O)[C@@H]2CCCN2C1=O. The number of aliphatic hydroxyl groups is 1. The molecule has 0 spiro atoms. The summed E-state index contributed by atoms with van der Waals surface area (Å²) in [7, 11) is 0. The first kappa shape index (κ1) is 75.9. The van der Waals surface area contributed by atoms with Crippen molar-refractivity contribution in [3.63, 3.8) is 0 Å². The average Bonchev–Trinajstić information content (AvgIpc) is 1.65. The van der Waals surface area contributed by atoms with Crippen molar-refractivity contribution >= 4 is 106 Å². The molecule has 2 bridgehead atoms. The van der Waals surface area contributed by atoms with E-state index in [2.05, 4.69) is 31.9 Å². The Labute approximate surface area is 549 Å². The van der Waals surface area contributed by atoms with Gasteiger partial charge in [-0.2, -0.15) is 35.3 Å². The molecule has 508 valence electrons. The molecule has 2 aromatic rings. The van der Waals surface area contributed by atoms with Gasteiger partial charge in [-0.15, -0.1) is 0 Å². The fourth-order valence-electron chi connectivity index (χ4n) is 10.7. The summed E-state index contributed by atoms with van der Waals surface area (Å²) in [4.78, 5) is 167. The van der Waals surface area contributed by atoms with Crippen LogP contribution in [0.25, 0.3) is 0 Å². The van der Waals surface area contributed by atoms with Gasteiger partial charge in [0.1, 0.15) is 54.9 Å². The van der Waals surface area contributed by atoms with Crippen molar-refractivity contribution in [2.24, 2.45) is 17.2 Å². The summed E-state index contributed by atoms with van der Waals surface area (Å²) in [5.41, 5.74) is 19.5. The molecular formula is C62H91N11O16S3. The maximum absolute atomic E-state index is 14.8. The molecule has 2 aromatic carbocycles. The number of primary amides is 2. The highest BCUT2D eigenvalue weighted by Crippen LogP contribution is 2.28. The van der Waals surface area contributed by atoms with Gasteiger partial charge in [0, 0.05) is 74.1 Å². The number of hydrogen-bond acceptors (Lipinski definition) is 19. The lowest BCUT2D eigenvalue weighted by molar-refractivity contribution is -0.148. The number of Topliss-reactive ketones (excluding diaryl/α,β-unsaturated/α-hetero) is 1. The fraction of sp³-hybridized carbons (Fsp3) is 0.613. The van der Waals surface area contributed by atoms with Crippen LogP contribution in [0.1, 0.15) is 120 Å². The summed E-state index contributed by atoms with van der Waals surface area (Å²) in [6.07, 6.45) is 0.976. The van der Waals surface area contributed by atoms with E-state index in [1.165, 1.54) is 40.2 Å². The van der Waals surface area contributed by atoms with Crippen LogP contribution in [-0.2, 0) is 90.7 Å². The highest BCUT2D eigenvalue weighted by atomic mass is 32.2. The van der Waals surface area contributed by atoms with Crippen molar-refractivity contribution < 1.29 is 77.2 Å². The first-order valence-corrected chi connectivity index (χ1v) is 34.7. The normalized spacial score (nSPS) is 22.2. The van der Waals surface area contributed by atoms with E-state index < -0.39 is 133 Å². The Hall–Kier alpha value is -6.83. The van der Waals surface area contributed by atoms with Crippen LogP contribution in [-0.4, -0.2) is 209 Å². The van der Waals surface area contributed by atoms with E-state index in [4.69, 9.17) is 26.7 Å². The number of aliphatic carboxylic acids is 1. The minimum atomic E-state index is -1.74. The van der Waals surface area contributed by atoms with Crippen LogP contribution in [0.5, 0.6) is 0 Å². The number of hydrogen-bond donors (Lipinski definition) is 11. The monoisotopic (exact) mass is 1340 g/mol. The van der Waals surface area contributed by atoms with Gasteiger partial charge in [-0.3, -0.25) is 57.5 Å². The van der Waals surface area contributed by atoms with E-state index in [1.54, 1.807) is 42.1 Å². The fourth-order valence-corrected chi connectivity index (χ4v) is 13.6. The maximum Gasteiger partial charge on any atom is 0.305 e. The first-order chi connectivity index (χ1) is 44.1. The molecule has 2 saturated heterocycles. The van der Waals surface area contributed by atoms with E-state index in [0.29, 0.717) is 74.7 Å². The van der Waals surface area contributed by atoms with Crippen molar-refractivity contribution in [1.82, 2.24) is 41.7 Å². The summed E-state index contributed by atoms with van der Waals surface area (Å²) in [6, 6.07) is 2.99. The van der Waals surface area contributed by atoms with Crippen LogP contribution in [0.2, 0.25) is 0 Å².